The van der Waals surface area contributed by atoms with Crippen LogP contribution >= 0.6 is 0 Å². The van der Waals surface area contributed by atoms with Gasteiger partial charge in [-0.15, -0.1) is 0 Å². The van der Waals surface area contributed by atoms with Crippen LogP contribution in [0.3, 0.4) is 0 Å². The second-order valence-corrected chi connectivity index (χ2v) is 9.21. The Kier molecular flexibility index (Phi) is 3.32. The Morgan fingerprint density at radius 1 is 1.33 bits per heavy atom. The maximum absolute atomic E-state index is 8.45. The maximum atomic E-state index is 8.45. The Morgan fingerprint density at radius 3 is 2.00 bits per heavy atom. The Bertz CT molecular complexity index is 182. The van der Waals surface area contributed by atoms with Crippen LogP contribution in [0.5, 0.6) is 0 Å². The highest BCUT2D eigenvalue weighted by molar-refractivity contribution is 6.75. The van der Waals surface area contributed by atoms with E-state index in [0.29, 0.717) is 5.90 Å². The number of rotatable bonds is 1. The van der Waals surface area contributed by atoms with Crippen LogP contribution in [-0.2, 0) is 4.43 Å². The normalized spacial score (nSPS) is 14.7. The molecule has 0 bridgehead atoms. The predicted octanol–water partition coefficient (Wildman–Crippen LogP) is 2.82. The molecule has 0 aliphatic heterocycles. The first-order valence-corrected chi connectivity index (χ1v) is 6.99. The molecule has 72 valence electrons. The fourth-order valence-corrected chi connectivity index (χ4v) is 1.63. The first kappa shape index (κ1) is 11.5. The molecule has 0 aliphatic carbocycles. The van der Waals surface area contributed by atoms with Crippen molar-refractivity contribution in [3.8, 4) is 0 Å². The molecule has 0 unspecified atom stereocenters. The van der Waals surface area contributed by atoms with E-state index in [1.54, 1.807) is 6.92 Å². The summed E-state index contributed by atoms with van der Waals surface area (Å²) in [6.07, 6.45) is 0. The van der Waals surface area contributed by atoms with Crippen LogP contribution in [-0.4, -0.2) is 19.4 Å². The van der Waals surface area contributed by atoms with Crippen LogP contribution in [0.15, 0.2) is 5.16 Å². The van der Waals surface area contributed by atoms with E-state index in [0.717, 1.165) is 0 Å². The summed E-state index contributed by atoms with van der Waals surface area (Å²) in [7, 11) is -1.78. The third kappa shape index (κ3) is 2.85. The van der Waals surface area contributed by atoms with E-state index in [1.165, 1.54) is 0 Å². The highest BCUT2D eigenvalue weighted by Crippen LogP contribution is 2.36. The summed E-state index contributed by atoms with van der Waals surface area (Å²) in [6, 6.07) is 0. The molecule has 0 aromatic heterocycles. The van der Waals surface area contributed by atoms with Crippen molar-refractivity contribution in [3.63, 3.8) is 0 Å². The molecule has 12 heavy (non-hydrogen) atoms. The van der Waals surface area contributed by atoms with Crippen molar-refractivity contribution in [2.75, 3.05) is 0 Å². The Morgan fingerprint density at radius 2 is 1.75 bits per heavy atom. The van der Waals surface area contributed by atoms with E-state index in [2.05, 4.69) is 39.0 Å². The van der Waals surface area contributed by atoms with Gasteiger partial charge in [-0.25, -0.2) is 0 Å². The van der Waals surface area contributed by atoms with Gasteiger partial charge in [-0.2, -0.15) is 0 Å². The Balaban J connectivity index is 4.44. The summed E-state index contributed by atoms with van der Waals surface area (Å²) >= 11 is 0. The molecule has 0 heterocycles. The largest absolute Gasteiger partial charge is 0.532 e. The van der Waals surface area contributed by atoms with Crippen molar-refractivity contribution in [2.45, 2.75) is 45.8 Å². The lowest BCUT2D eigenvalue weighted by atomic mass is 10.2. The quantitative estimate of drug-likeness (QED) is 0.226. The molecule has 0 amide bonds. The van der Waals surface area contributed by atoms with Crippen LogP contribution < -0.4 is 0 Å². The molecule has 0 aliphatic rings. The second-order valence-electron chi connectivity index (χ2n) is 4.48. The van der Waals surface area contributed by atoms with E-state index in [1.807, 2.05) is 0 Å². The molecular weight excluding hydrogens is 170 g/mol. The summed E-state index contributed by atoms with van der Waals surface area (Å²) < 4.78 is 5.59. The fourth-order valence-electron chi connectivity index (χ4n) is 0.543. The highest BCUT2D eigenvalue weighted by atomic mass is 28.4. The van der Waals surface area contributed by atoms with Gasteiger partial charge in [0, 0.05) is 6.92 Å². The standard InChI is InChI=1S/C8H19NO2Si/c1-7(9-10)11-12(5,6)8(2,3)4/h10H,1-6H3. The molecule has 0 rings (SSSR count). The molecule has 0 spiro atoms. The van der Waals surface area contributed by atoms with Gasteiger partial charge in [0.25, 0.3) is 8.32 Å². The zero-order chi connectivity index (χ0) is 9.99. The predicted molar refractivity (Wildman–Crippen MR) is 53.2 cm³/mol. The minimum atomic E-state index is -1.78. The zero-order valence-electron chi connectivity index (χ0n) is 8.80. The van der Waals surface area contributed by atoms with Crippen LogP contribution in [0.4, 0.5) is 0 Å². The topological polar surface area (TPSA) is 41.8 Å². The van der Waals surface area contributed by atoms with Gasteiger partial charge in [0.2, 0.25) is 5.90 Å². The zero-order valence-corrected chi connectivity index (χ0v) is 9.80. The van der Waals surface area contributed by atoms with E-state index >= 15 is 0 Å². The van der Waals surface area contributed by atoms with E-state index in [-0.39, 0.29) is 5.04 Å². The van der Waals surface area contributed by atoms with Gasteiger partial charge in [0.15, 0.2) is 0 Å². The van der Waals surface area contributed by atoms with Gasteiger partial charge < -0.3 is 9.63 Å². The second kappa shape index (κ2) is 3.47. The van der Waals surface area contributed by atoms with Gasteiger partial charge >= 0.3 is 0 Å². The van der Waals surface area contributed by atoms with Gasteiger partial charge in [-0.3, -0.25) is 0 Å². The maximum Gasteiger partial charge on any atom is 0.252 e. The van der Waals surface area contributed by atoms with Crippen molar-refractivity contribution in [3.05, 3.63) is 0 Å². The van der Waals surface area contributed by atoms with Crippen molar-refractivity contribution in [1.29, 1.82) is 0 Å². The van der Waals surface area contributed by atoms with Crippen LogP contribution in [0, 0.1) is 0 Å². The molecule has 3 nitrogen and oxygen atoms in total. The Labute approximate surface area is 75.6 Å². The molecule has 0 saturated carbocycles. The highest BCUT2D eigenvalue weighted by Gasteiger charge is 2.39. The summed E-state index contributed by atoms with van der Waals surface area (Å²) in [6.45, 7) is 12.3. The molecule has 0 aromatic carbocycles. The molecule has 4 heteroatoms. The third-order valence-corrected chi connectivity index (χ3v) is 6.77. The molecule has 0 aromatic rings. The number of nitrogens with zero attached hydrogens (tertiary/aromatic N) is 1. The van der Waals surface area contributed by atoms with Gasteiger partial charge in [-0.1, -0.05) is 25.9 Å². The first-order chi connectivity index (χ1) is 5.20. The van der Waals surface area contributed by atoms with E-state index in [9.17, 15) is 0 Å². The van der Waals surface area contributed by atoms with Crippen molar-refractivity contribution in [1.82, 2.24) is 0 Å². The fraction of sp³-hybridized carbons (Fsp3) is 0.875. The van der Waals surface area contributed by atoms with Crippen molar-refractivity contribution < 1.29 is 9.63 Å². The molecule has 0 atom stereocenters. The summed E-state index contributed by atoms with van der Waals surface area (Å²) in [5.41, 5.74) is 0. The van der Waals surface area contributed by atoms with E-state index < -0.39 is 8.32 Å². The lowest BCUT2D eigenvalue weighted by Gasteiger charge is -2.35. The average Bonchev–Trinajstić information content (AvgIpc) is 1.84. The third-order valence-electron chi connectivity index (χ3n) is 2.35. The Hall–Kier alpha value is -0.513. The molecule has 0 radical (unpaired) electrons. The summed E-state index contributed by atoms with van der Waals surface area (Å²) in [5, 5.41) is 11.6. The monoisotopic (exact) mass is 189 g/mol. The minimum Gasteiger partial charge on any atom is -0.532 e. The van der Waals surface area contributed by atoms with Crippen molar-refractivity contribution >= 4 is 14.2 Å². The smallest absolute Gasteiger partial charge is 0.252 e. The van der Waals surface area contributed by atoms with Crippen LogP contribution in [0.25, 0.3) is 0 Å². The van der Waals surface area contributed by atoms with Crippen LogP contribution in [0.2, 0.25) is 18.1 Å². The summed E-state index contributed by atoms with van der Waals surface area (Å²) in [5.74, 6) is 0.363. The van der Waals surface area contributed by atoms with Crippen molar-refractivity contribution in [2.24, 2.45) is 5.16 Å². The van der Waals surface area contributed by atoms with Gasteiger partial charge in [0.05, 0.1) is 0 Å². The first-order valence-electron chi connectivity index (χ1n) is 4.08. The van der Waals surface area contributed by atoms with Gasteiger partial charge in [0.1, 0.15) is 0 Å². The van der Waals surface area contributed by atoms with Gasteiger partial charge in [-0.05, 0) is 18.1 Å². The van der Waals surface area contributed by atoms with E-state index in [4.69, 9.17) is 9.63 Å². The molecule has 0 saturated heterocycles. The average molecular weight is 189 g/mol. The number of oxime groups is 1. The molecule has 0 fully saturated rings. The minimum absolute atomic E-state index is 0.152. The number of hydrogen-bond donors (Lipinski definition) is 1. The lowest BCUT2D eigenvalue weighted by molar-refractivity contribution is 0.300. The molecule has 1 N–H and O–H groups in total. The SMILES string of the molecule is CC(=NO)O[Si](C)(C)C(C)(C)C. The summed E-state index contributed by atoms with van der Waals surface area (Å²) in [4.78, 5) is 0. The lowest BCUT2D eigenvalue weighted by Crippen LogP contribution is -2.42. The number of hydrogen-bond acceptors (Lipinski definition) is 3. The molecular formula is C8H19NO2Si. The van der Waals surface area contributed by atoms with Crippen LogP contribution in [0.1, 0.15) is 27.7 Å².